The molecule has 8 heteroatoms. The van der Waals surface area contributed by atoms with Crippen molar-refractivity contribution in [2.24, 2.45) is 0 Å². The van der Waals surface area contributed by atoms with Crippen LogP contribution in [0.5, 0.6) is 5.75 Å². The number of nitriles is 1. The molecule has 0 saturated carbocycles. The minimum Gasteiger partial charge on any atom is -0.479 e. The number of urea groups is 1. The molecule has 3 amide bonds. The van der Waals surface area contributed by atoms with Crippen LogP contribution in [0.2, 0.25) is 0 Å². The Hall–Kier alpha value is -3.86. The van der Waals surface area contributed by atoms with E-state index >= 15 is 0 Å². The zero-order valence-corrected chi connectivity index (χ0v) is 16.0. The number of carbonyl (C=O) groups is 3. The van der Waals surface area contributed by atoms with Crippen molar-refractivity contribution in [3.63, 3.8) is 0 Å². The predicted octanol–water partition coefficient (Wildman–Crippen LogP) is 2.28. The molecule has 0 spiro atoms. The third-order valence-corrected chi connectivity index (χ3v) is 3.82. The van der Waals surface area contributed by atoms with E-state index in [1.165, 1.54) is 13.8 Å². The Morgan fingerprint density at radius 3 is 2.28 bits per heavy atom. The number of hydrogen-bond donors (Lipinski definition) is 2. The molecule has 0 aliphatic heterocycles. The topological polar surface area (TPSA) is 118 Å². The Labute approximate surface area is 168 Å². The third-order valence-electron chi connectivity index (χ3n) is 3.82. The second-order valence-corrected chi connectivity index (χ2v) is 6.13. The van der Waals surface area contributed by atoms with Crippen LogP contribution in [0.4, 0.5) is 4.79 Å². The number of amides is 3. The van der Waals surface area contributed by atoms with E-state index in [1.807, 2.05) is 36.4 Å². The van der Waals surface area contributed by atoms with Crippen LogP contribution in [0.15, 0.2) is 54.6 Å². The number of esters is 1. The van der Waals surface area contributed by atoms with E-state index in [0.717, 1.165) is 5.56 Å². The highest BCUT2D eigenvalue weighted by Crippen LogP contribution is 2.14. The Morgan fingerprint density at radius 2 is 1.66 bits per heavy atom. The van der Waals surface area contributed by atoms with Crippen LogP contribution in [-0.2, 0) is 20.9 Å². The summed E-state index contributed by atoms with van der Waals surface area (Å²) in [6, 6.07) is 16.7. The summed E-state index contributed by atoms with van der Waals surface area (Å²) in [5.41, 5.74) is 1.34. The lowest BCUT2D eigenvalue weighted by molar-refractivity contribution is -0.160. The van der Waals surface area contributed by atoms with Crippen molar-refractivity contribution in [1.29, 1.82) is 5.26 Å². The summed E-state index contributed by atoms with van der Waals surface area (Å²) in [5.74, 6) is -1.14. The third kappa shape index (κ3) is 6.99. The lowest BCUT2D eigenvalue weighted by atomic mass is 10.2. The molecule has 0 aromatic heterocycles. The van der Waals surface area contributed by atoms with Gasteiger partial charge in [-0.3, -0.25) is 10.1 Å². The molecule has 0 unspecified atom stereocenters. The average molecular weight is 395 g/mol. The molecule has 150 valence electrons. The van der Waals surface area contributed by atoms with Crippen molar-refractivity contribution in [3.05, 3.63) is 65.7 Å². The molecular formula is C21H21N3O5. The lowest BCUT2D eigenvalue weighted by Crippen LogP contribution is -2.45. The summed E-state index contributed by atoms with van der Waals surface area (Å²) in [4.78, 5) is 35.9. The quantitative estimate of drug-likeness (QED) is 0.695. The SMILES string of the molecule is C[C@@H](OC(=O)[C@@H](C)Oc1ccc(C#N)cc1)C(=O)NC(=O)NCc1ccccc1. The van der Waals surface area contributed by atoms with Crippen molar-refractivity contribution in [2.45, 2.75) is 32.6 Å². The fourth-order valence-electron chi connectivity index (χ4n) is 2.22. The normalized spacial score (nSPS) is 12.0. The molecule has 0 radical (unpaired) electrons. The number of carbonyl (C=O) groups excluding carboxylic acids is 3. The van der Waals surface area contributed by atoms with E-state index < -0.39 is 30.1 Å². The van der Waals surface area contributed by atoms with Gasteiger partial charge in [-0.15, -0.1) is 0 Å². The summed E-state index contributed by atoms with van der Waals surface area (Å²) in [5, 5.41) is 13.4. The molecule has 2 rings (SSSR count). The van der Waals surface area contributed by atoms with Gasteiger partial charge in [0.15, 0.2) is 12.2 Å². The van der Waals surface area contributed by atoms with E-state index in [2.05, 4.69) is 10.6 Å². The first-order valence-electron chi connectivity index (χ1n) is 8.89. The molecule has 8 nitrogen and oxygen atoms in total. The second kappa shape index (κ2) is 10.5. The lowest BCUT2D eigenvalue weighted by Gasteiger charge is -2.17. The van der Waals surface area contributed by atoms with Gasteiger partial charge in [0.2, 0.25) is 0 Å². The predicted molar refractivity (Wildman–Crippen MR) is 104 cm³/mol. The molecule has 2 aromatic rings. The molecule has 2 aromatic carbocycles. The van der Waals surface area contributed by atoms with E-state index in [1.54, 1.807) is 24.3 Å². The number of nitrogens with one attached hydrogen (secondary N) is 2. The number of hydrogen-bond acceptors (Lipinski definition) is 6. The first-order chi connectivity index (χ1) is 13.9. The van der Waals surface area contributed by atoms with Crippen molar-refractivity contribution in [3.8, 4) is 11.8 Å². The molecule has 0 saturated heterocycles. The Morgan fingerprint density at radius 1 is 1.00 bits per heavy atom. The van der Waals surface area contributed by atoms with Crippen LogP contribution in [0.1, 0.15) is 25.0 Å². The number of imide groups is 1. The smallest absolute Gasteiger partial charge is 0.347 e. The first-order valence-corrected chi connectivity index (χ1v) is 8.89. The van der Waals surface area contributed by atoms with Crippen LogP contribution >= 0.6 is 0 Å². The van der Waals surface area contributed by atoms with Gasteiger partial charge in [-0.05, 0) is 43.7 Å². The number of benzene rings is 2. The van der Waals surface area contributed by atoms with Crippen molar-refractivity contribution in [1.82, 2.24) is 10.6 Å². The van der Waals surface area contributed by atoms with Crippen LogP contribution < -0.4 is 15.4 Å². The Kier molecular flexibility index (Phi) is 7.74. The average Bonchev–Trinajstić information content (AvgIpc) is 2.73. The van der Waals surface area contributed by atoms with Gasteiger partial charge in [-0.25, -0.2) is 9.59 Å². The molecule has 29 heavy (non-hydrogen) atoms. The van der Waals surface area contributed by atoms with Crippen LogP contribution in [0, 0.1) is 11.3 Å². The van der Waals surface area contributed by atoms with Crippen LogP contribution in [0.25, 0.3) is 0 Å². The van der Waals surface area contributed by atoms with Crippen molar-refractivity contribution >= 4 is 17.9 Å². The molecule has 0 heterocycles. The Balaban J connectivity index is 1.77. The summed E-state index contributed by atoms with van der Waals surface area (Å²) in [6.07, 6.45) is -2.16. The molecular weight excluding hydrogens is 374 g/mol. The minimum absolute atomic E-state index is 0.254. The summed E-state index contributed by atoms with van der Waals surface area (Å²) in [7, 11) is 0. The van der Waals surface area contributed by atoms with Crippen LogP contribution in [-0.4, -0.2) is 30.1 Å². The van der Waals surface area contributed by atoms with Crippen molar-refractivity contribution < 1.29 is 23.9 Å². The highest BCUT2D eigenvalue weighted by molar-refractivity contribution is 5.97. The fraction of sp³-hybridized carbons (Fsp3) is 0.238. The maximum absolute atomic E-state index is 12.1. The maximum Gasteiger partial charge on any atom is 0.347 e. The zero-order valence-electron chi connectivity index (χ0n) is 16.0. The summed E-state index contributed by atoms with van der Waals surface area (Å²) in [6.45, 7) is 3.08. The first kappa shape index (κ1) is 21.4. The molecule has 0 fully saturated rings. The molecule has 2 atom stereocenters. The van der Waals surface area contributed by atoms with E-state index in [4.69, 9.17) is 14.7 Å². The van der Waals surface area contributed by atoms with Crippen LogP contribution in [0.3, 0.4) is 0 Å². The summed E-state index contributed by atoms with van der Waals surface area (Å²) >= 11 is 0. The molecule has 0 aliphatic rings. The number of rotatable bonds is 7. The zero-order chi connectivity index (χ0) is 21.2. The van der Waals surface area contributed by atoms with Gasteiger partial charge in [0, 0.05) is 6.54 Å². The minimum atomic E-state index is -1.18. The van der Waals surface area contributed by atoms with E-state index in [0.29, 0.717) is 11.3 Å². The largest absolute Gasteiger partial charge is 0.479 e. The molecule has 0 bridgehead atoms. The van der Waals surface area contributed by atoms with Gasteiger partial charge >= 0.3 is 12.0 Å². The standard InChI is InChI=1S/C21H21N3O5/c1-14(19(25)24-21(27)23-13-17-6-4-3-5-7-17)29-20(26)15(2)28-18-10-8-16(12-22)9-11-18/h3-11,14-15H,13H2,1-2H3,(H2,23,24,25,27)/t14-,15-/m1/s1. The molecule has 0 aliphatic carbocycles. The fourth-order valence-corrected chi connectivity index (χ4v) is 2.22. The van der Waals surface area contributed by atoms with Gasteiger partial charge in [0.05, 0.1) is 11.6 Å². The monoisotopic (exact) mass is 395 g/mol. The van der Waals surface area contributed by atoms with Gasteiger partial charge in [0.25, 0.3) is 5.91 Å². The summed E-state index contributed by atoms with van der Waals surface area (Å²) < 4.78 is 10.5. The highest BCUT2D eigenvalue weighted by Gasteiger charge is 2.24. The maximum atomic E-state index is 12.1. The Bertz CT molecular complexity index is 891. The van der Waals surface area contributed by atoms with Gasteiger partial charge in [-0.1, -0.05) is 30.3 Å². The van der Waals surface area contributed by atoms with E-state index in [-0.39, 0.29) is 6.54 Å². The van der Waals surface area contributed by atoms with Gasteiger partial charge in [-0.2, -0.15) is 5.26 Å². The van der Waals surface area contributed by atoms with Gasteiger partial charge in [0.1, 0.15) is 5.75 Å². The van der Waals surface area contributed by atoms with Crippen molar-refractivity contribution in [2.75, 3.05) is 0 Å². The van der Waals surface area contributed by atoms with Gasteiger partial charge < -0.3 is 14.8 Å². The highest BCUT2D eigenvalue weighted by atomic mass is 16.6. The molecule has 2 N–H and O–H groups in total. The number of ether oxygens (including phenoxy) is 2. The van der Waals surface area contributed by atoms with E-state index in [9.17, 15) is 14.4 Å². The second-order valence-electron chi connectivity index (χ2n) is 6.13. The number of nitrogens with zero attached hydrogens (tertiary/aromatic N) is 1.